The largest absolute Gasteiger partial charge is 0.475 e. The summed E-state index contributed by atoms with van der Waals surface area (Å²) >= 11 is 0. The van der Waals surface area contributed by atoms with Gasteiger partial charge in [-0.1, -0.05) is 24.3 Å². The molecule has 1 aromatic heterocycles. The highest BCUT2D eigenvalue weighted by molar-refractivity contribution is 5.95. The summed E-state index contributed by atoms with van der Waals surface area (Å²) in [5.41, 5.74) is 2.25. The van der Waals surface area contributed by atoms with Gasteiger partial charge < -0.3 is 9.52 Å². The average molecular weight is 258 g/mol. The molecule has 0 spiro atoms. The van der Waals surface area contributed by atoms with Gasteiger partial charge in [0.05, 0.1) is 0 Å². The second-order valence-corrected chi connectivity index (χ2v) is 4.32. The Hall–Kier alpha value is -2.36. The lowest BCUT2D eigenvalue weighted by molar-refractivity contribution is 0.0660. The fourth-order valence-corrected chi connectivity index (χ4v) is 1.86. The number of hydrogen-bond acceptors (Lipinski definition) is 3. The van der Waals surface area contributed by atoms with Crippen molar-refractivity contribution in [2.75, 3.05) is 0 Å². The smallest absolute Gasteiger partial charge is 0.371 e. The highest BCUT2D eigenvalue weighted by Gasteiger charge is 2.14. The Morgan fingerprint density at radius 2 is 1.79 bits per heavy atom. The molecule has 0 atom stereocenters. The van der Waals surface area contributed by atoms with Crippen molar-refractivity contribution in [3.05, 3.63) is 59.0 Å². The van der Waals surface area contributed by atoms with Crippen molar-refractivity contribution >= 4 is 11.8 Å². The minimum absolute atomic E-state index is 0.103. The summed E-state index contributed by atoms with van der Waals surface area (Å²) in [6.07, 6.45) is 0.923. The number of ketones is 1. The van der Waals surface area contributed by atoms with Gasteiger partial charge in [-0.05, 0) is 36.6 Å². The average Bonchev–Trinajstić information content (AvgIpc) is 2.87. The third kappa shape index (κ3) is 3.10. The Balaban J connectivity index is 2.01. The molecule has 1 N–H and O–H groups in total. The monoisotopic (exact) mass is 258 g/mol. The van der Waals surface area contributed by atoms with Crippen molar-refractivity contribution in [3.63, 3.8) is 0 Å². The van der Waals surface area contributed by atoms with Gasteiger partial charge in [-0.3, -0.25) is 4.79 Å². The van der Waals surface area contributed by atoms with Gasteiger partial charge in [0.25, 0.3) is 0 Å². The van der Waals surface area contributed by atoms with Gasteiger partial charge in [0.2, 0.25) is 5.76 Å². The van der Waals surface area contributed by atoms with Gasteiger partial charge in [0.15, 0.2) is 11.5 Å². The zero-order chi connectivity index (χ0) is 13.8. The number of carboxylic acid groups (broad SMARTS) is 1. The van der Waals surface area contributed by atoms with Crippen molar-refractivity contribution in [1.29, 1.82) is 0 Å². The molecule has 2 rings (SSSR count). The number of carbonyl (C=O) groups excluding carboxylic acids is 1. The van der Waals surface area contributed by atoms with Crippen molar-refractivity contribution in [2.45, 2.75) is 19.8 Å². The van der Waals surface area contributed by atoms with Gasteiger partial charge in [-0.15, -0.1) is 0 Å². The van der Waals surface area contributed by atoms with Crippen LogP contribution in [0.1, 0.15) is 38.7 Å². The fraction of sp³-hybridized carbons (Fsp3) is 0.200. The Labute approximate surface area is 110 Å². The van der Waals surface area contributed by atoms with Crippen LogP contribution in [-0.4, -0.2) is 16.9 Å². The van der Waals surface area contributed by atoms with E-state index in [1.807, 2.05) is 31.2 Å². The number of hydrogen-bond donors (Lipinski definition) is 1. The molecule has 1 heterocycles. The standard InChI is InChI=1S/C15H14O4/c1-10-4-2-3-5-11(10)6-7-12(16)13-8-9-14(19-13)15(17)18/h2-5,8-9H,6-7H2,1H3,(H,17,18). The van der Waals surface area contributed by atoms with Gasteiger partial charge in [-0.25, -0.2) is 4.79 Å². The summed E-state index contributed by atoms with van der Waals surface area (Å²) < 4.78 is 4.98. The molecule has 1 aromatic carbocycles. The van der Waals surface area contributed by atoms with E-state index < -0.39 is 5.97 Å². The zero-order valence-electron chi connectivity index (χ0n) is 10.6. The maximum Gasteiger partial charge on any atom is 0.371 e. The van der Waals surface area contributed by atoms with Gasteiger partial charge in [0.1, 0.15) is 0 Å². The topological polar surface area (TPSA) is 67.5 Å². The van der Waals surface area contributed by atoms with Crippen molar-refractivity contribution in [2.24, 2.45) is 0 Å². The third-order valence-corrected chi connectivity index (χ3v) is 2.97. The van der Waals surface area contributed by atoms with E-state index in [9.17, 15) is 9.59 Å². The van der Waals surface area contributed by atoms with Crippen molar-refractivity contribution < 1.29 is 19.1 Å². The molecule has 0 amide bonds. The van der Waals surface area contributed by atoms with Crippen LogP contribution in [0.4, 0.5) is 0 Å². The number of aromatic carboxylic acids is 1. The molecular weight excluding hydrogens is 244 g/mol. The van der Waals surface area contributed by atoms with Crippen LogP contribution >= 0.6 is 0 Å². The van der Waals surface area contributed by atoms with E-state index in [1.54, 1.807) is 0 Å². The lowest BCUT2D eigenvalue weighted by Gasteiger charge is -2.03. The molecule has 0 aliphatic heterocycles. The number of carbonyl (C=O) groups is 2. The van der Waals surface area contributed by atoms with E-state index >= 15 is 0 Å². The van der Waals surface area contributed by atoms with Gasteiger partial charge >= 0.3 is 5.97 Å². The molecule has 19 heavy (non-hydrogen) atoms. The van der Waals surface area contributed by atoms with E-state index in [2.05, 4.69) is 0 Å². The second-order valence-electron chi connectivity index (χ2n) is 4.32. The molecular formula is C15H14O4. The minimum Gasteiger partial charge on any atom is -0.475 e. The van der Waals surface area contributed by atoms with Crippen molar-refractivity contribution in [1.82, 2.24) is 0 Å². The summed E-state index contributed by atoms with van der Waals surface area (Å²) in [7, 11) is 0. The molecule has 98 valence electrons. The number of rotatable bonds is 5. The summed E-state index contributed by atoms with van der Waals surface area (Å²) in [6, 6.07) is 10.6. The normalized spacial score (nSPS) is 10.4. The van der Waals surface area contributed by atoms with Crippen LogP contribution in [0.3, 0.4) is 0 Å². The molecule has 0 fully saturated rings. The Morgan fingerprint density at radius 1 is 1.11 bits per heavy atom. The van der Waals surface area contributed by atoms with Crippen LogP contribution in [0.25, 0.3) is 0 Å². The maximum absolute atomic E-state index is 11.9. The summed E-state index contributed by atoms with van der Waals surface area (Å²) in [6.45, 7) is 2.00. The zero-order valence-corrected chi connectivity index (χ0v) is 10.6. The summed E-state index contributed by atoms with van der Waals surface area (Å²) in [5.74, 6) is -1.46. The molecule has 0 saturated heterocycles. The third-order valence-electron chi connectivity index (χ3n) is 2.97. The second kappa shape index (κ2) is 5.52. The van der Waals surface area contributed by atoms with Crippen LogP contribution < -0.4 is 0 Å². The first kappa shape index (κ1) is 13.1. The quantitative estimate of drug-likeness (QED) is 0.837. The van der Waals surface area contributed by atoms with Crippen LogP contribution in [0, 0.1) is 6.92 Å². The van der Waals surface area contributed by atoms with Crippen molar-refractivity contribution in [3.8, 4) is 0 Å². The lowest BCUT2D eigenvalue weighted by Crippen LogP contribution is -2.01. The van der Waals surface area contributed by atoms with Gasteiger partial charge in [0, 0.05) is 6.42 Å². The Morgan fingerprint density at radius 3 is 2.42 bits per heavy atom. The van der Waals surface area contributed by atoms with E-state index in [1.165, 1.54) is 12.1 Å². The summed E-state index contributed by atoms with van der Waals surface area (Å²) in [4.78, 5) is 22.5. The van der Waals surface area contributed by atoms with E-state index in [0.29, 0.717) is 12.8 Å². The van der Waals surface area contributed by atoms with Gasteiger partial charge in [-0.2, -0.15) is 0 Å². The van der Waals surface area contributed by atoms with E-state index in [4.69, 9.17) is 9.52 Å². The fourth-order valence-electron chi connectivity index (χ4n) is 1.86. The van der Waals surface area contributed by atoms with E-state index in [-0.39, 0.29) is 17.3 Å². The SMILES string of the molecule is Cc1ccccc1CCC(=O)c1ccc(C(=O)O)o1. The Kier molecular flexibility index (Phi) is 3.80. The lowest BCUT2D eigenvalue weighted by atomic mass is 10.0. The number of furan rings is 1. The maximum atomic E-state index is 11.9. The highest BCUT2D eigenvalue weighted by Crippen LogP contribution is 2.14. The first-order valence-electron chi connectivity index (χ1n) is 5.99. The number of benzene rings is 1. The first-order chi connectivity index (χ1) is 9.08. The van der Waals surface area contributed by atoms with Crippen LogP contribution in [-0.2, 0) is 6.42 Å². The summed E-state index contributed by atoms with van der Waals surface area (Å²) in [5, 5.41) is 8.72. The number of Topliss-reactive ketones (excluding diaryl/α,β-unsaturated/α-hetero) is 1. The molecule has 4 nitrogen and oxygen atoms in total. The van der Waals surface area contributed by atoms with Crippen LogP contribution in [0.2, 0.25) is 0 Å². The molecule has 2 aromatic rings. The minimum atomic E-state index is -1.17. The first-order valence-corrected chi connectivity index (χ1v) is 5.99. The molecule has 4 heteroatoms. The van der Waals surface area contributed by atoms with Crippen LogP contribution in [0.15, 0.2) is 40.8 Å². The molecule has 0 bridgehead atoms. The predicted molar refractivity (Wildman–Crippen MR) is 69.5 cm³/mol. The van der Waals surface area contributed by atoms with Crippen LogP contribution in [0.5, 0.6) is 0 Å². The number of aryl methyl sites for hydroxylation is 2. The predicted octanol–water partition coefficient (Wildman–Crippen LogP) is 3.10. The molecule has 0 saturated carbocycles. The highest BCUT2D eigenvalue weighted by atomic mass is 16.4. The molecule has 0 aliphatic rings. The molecule has 0 unspecified atom stereocenters. The van der Waals surface area contributed by atoms with E-state index in [0.717, 1.165) is 11.1 Å². The molecule has 0 aliphatic carbocycles. The Bertz CT molecular complexity index is 610. The molecule has 0 radical (unpaired) electrons. The number of carboxylic acids is 1.